The van der Waals surface area contributed by atoms with Crippen LogP contribution in [0.4, 0.5) is 5.69 Å². The number of hydrogen-bond donors (Lipinski definition) is 4. The van der Waals surface area contributed by atoms with Gasteiger partial charge in [0.15, 0.2) is 6.23 Å². The lowest BCUT2D eigenvalue weighted by atomic mass is 9.99. The van der Waals surface area contributed by atoms with Crippen LogP contribution < -0.4 is 5.32 Å². The number of nitrogens with zero attached hydrogens (tertiary/aromatic N) is 1. The highest BCUT2D eigenvalue weighted by molar-refractivity contribution is 5.94. The zero-order valence-electron chi connectivity index (χ0n) is 11.6. The maximum absolute atomic E-state index is 12.0. The van der Waals surface area contributed by atoms with E-state index in [0.29, 0.717) is 0 Å². The molecule has 120 valence electrons. The van der Waals surface area contributed by atoms with Gasteiger partial charge in [0.25, 0.3) is 11.6 Å². The second-order valence-corrected chi connectivity index (χ2v) is 5.01. The minimum absolute atomic E-state index is 0.134. The predicted molar refractivity (Wildman–Crippen MR) is 72.9 cm³/mol. The molecule has 2 rings (SSSR count). The van der Waals surface area contributed by atoms with Crippen LogP contribution in [0.1, 0.15) is 17.3 Å². The summed E-state index contributed by atoms with van der Waals surface area (Å²) in [5.41, 5.74) is -0.0210. The van der Waals surface area contributed by atoms with Gasteiger partial charge in [-0.2, -0.15) is 0 Å². The smallest absolute Gasteiger partial charge is 0.269 e. The minimum atomic E-state index is -1.49. The van der Waals surface area contributed by atoms with Gasteiger partial charge >= 0.3 is 0 Å². The number of carbonyl (C=O) groups excluding carboxylic acids is 1. The average molecular weight is 312 g/mol. The van der Waals surface area contributed by atoms with E-state index < -0.39 is 41.5 Å². The van der Waals surface area contributed by atoms with Gasteiger partial charge < -0.3 is 25.4 Å². The van der Waals surface area contributed by atoms with Crippen molar-refractivity contribution in [2.75, 3.05) is 0 Å². The van der Waals surface area contributed by atoms with E-state index in [1.807, 2.05) is 0 Å². The molecule has 1 fully saturated rings. The monoisotopic (exact) mass is 312 g/mol. The number of benzene rings is 1. The van der Waals surface area contributed by atoms with E-state index in [0.717, 1.165) is 0 Å². The molecule has 1 amide bonds. The van der Waals surface area contributed by atoms with Crippen molar-refractivity contribution in [3.8, 4) is 0 Å². The van der Waals surface area contributed by atoms with Crippen molar-refractivity contribution < 1.29 is 29.8 Å². The topological polar surface area (TPSA) is 142 Å². The lowest BCUT2D eigenvalue weighted by molar-refractivity contribution is -0.384. The largest absolute Gasteiger partial charge is 0.388 e. The van der Waals surface area contributed by atoms with E-state index in [2.05, 4.69) is 5.32 Å². The van der Waals surface area contributed by atoms with Gasteiger partial charge in [0.1, 0.15) is 18.3 Å². The Balaban J connectivity index is 2.06. The number of ether oxygens (including phenoxy) is 1. The molecule has 0 saturated carbocycles. The zero-order valence-corrected chi connectivity index (χ0v) is 11.6. The van der Waals surface area contributed by atoms with Gasteiger partial charge in [-0.3, -0.25) is 14.9 Å². The van der Waals surface area contributed by atoms with Crippen LogP contribution in [0.25, 0.3) is 0 Å². The standard InChI is InChI=1S/C13H16N2O7/c1-6-9(16)10(17)11(18)13(22-6)14-12(19)7-2-4-8(5-3-7)15(20)21/h2-6,9-11,13,16-18H,1H3,(H,14,19)/t6-,9+,10+,11-,13-/m0/s1. The van der Waals surface area contributed by atoms with E-state index in [1.54, 1.807) is 0 Å². The Morgan fingerprint density at radius 2 is 1.77 bits per heavy atom. The van der Waals surface area contributed by atoms with Crippen molar-refractivity contribution in [3.05, 3.63) is 39.9 Å². The fourth-order valence-electron chi connectivity index (χ4n) is 2.12. The lowest BCUT2D eigenvalue weighted by Gasteiger charge is -2.39. The number of aliphatic hydroxyl groups excluding tert-OH is 3. The molecule has 1 aromatic rings. The Bertz CT molecular complexity index is 562. The van der Waals surface area contributed by atoms with Crippen molar-refractivity contribution in [2.24, 2.45) is 0 Å². The number of carbonyl (C=O) groups is 1. The van der Waals surface area contributed by atoms with E-state index in [1.165, 1.54) is 31.2 Å². The Morgan fingerprint density at radius 3 is 2.32 bits per heavy atom. The fourth-order valence-corrected chi connectivity index (χ4v) is 2.12. The van der Waals surface area contributed by atoms with E-state index in [-0.39, 0.29) is 11.3 Å². The third-order valence-corrected chi connectivity index (χ3v) is 3.47. The quantitative estimate of drug-likeness (QED) is 0.420. The van der Waals surface area contributed by atoms with Gasteiger partial charge in [-0.1, -0.05) is 0 Å². The van der Waals surface area contributed by atoms with Gasteiger partial charge in [-0.25, -0.2) is 0 Å². The molecular formula is C13H16N2O7. The highest BCUT2D eigenvalue weighted by Gasteiger charge is 2.42. The first-order valence-electron chi connectivity index (χ1n) is 6.56. The Hall–Kier alpha value is -2.07. The number of nitrogens with one attached hydrogen (secondary N) is 1. The molecule has 1 heterocycles. The number of nitro benzene ring substituents is 1. The normalized spacial score (nSPS) is 31.5. The van der Waals surface area contributed by atoms with Crippen LogP contribution in [0.3, 0.4) is 0 Å². The maximum atomic E-state index is 12.0. The van der Waals surface area contributed by atoms with Crippen molar-refractivity contribution in [1.82, 2.24) is 5.32 Å². The molecule has 5 atom stereocenters. The molecule has 22 heavy (non-hydrogen) atoms. The van der Waals surface area contributed by atoms with Crippen molar-refractivity contribution in [2.45, 2.75) is 37.6 Å². The summed E-state index contributed by atoms with van der Waals surface area (Å²) >= 11 is 0. The molecule has 1 aromatic carbocycles. The van der Waals surface area contributed by atoms with Crippen LogP contribution in [-0.4, -0.2) is 56.8 Å². The molecule has 0 aromatic heterocycles. The predicted octanol–water partition coefficient (Wildman–Crippen LogP) is -0.848. The highest BCUT2D eigenvalue weighted by Crippen LogP contribution is 2.20. The number of rotatable bonds is 3. The summed E-state index contributed by atoms with van der Waals surface area (Å²) in [7, 11) is 0. The van der Waals surface area contributed by atoms with Gasteiger partial charge in [0.05, 0.1) is 11.0 Å². The van der Waals surface area contributed by atoms with Crippen LogP contribution in [0.15, 0.2) is 24.3 Å². The van der Waals surface area contributed by atoms with Crippen LogP contribution >= 0.6 is 0 Å². The Kier molecular flexibility index (Phi) is 4.71. The van der Waals surface area contributed by atoms with E-state index in [9.17, 15) is 30.2 Å². The average Bonchev–Trinajstić information content (AvgIpc) is 2.50. The molecule has 0 spiro atoms. The highest BCUT2D eigenvalue weighted by atomic mass is 16.6. The molecule has 4 N–H and O–H groups in total. The summed E-state index contributed by atoms with van der Waals surface area (Å²) in [6.07, 6.45) is -6.18. The second kappa shape index (κ2) is 6.36. The Morgan fingerprint density at radius 1 is 1.18 bits per heavy atom. The molecule has 1 saturated heterocycles. The minimum Gasteiger partial charge on any atom is -0.388 e. The van der Waals surface area contributed by atoms with Crippen molar-refractivity contribution in [3.63, 3.8) is 0 Å². The molecule has 9 nitrogen and oxygen atoms in total. The fraction of sp³-hybridized carbons (Fsp3) is 0.462. The van der Waals surface area contributed by atoms with Gasteiger partial charge in [0, 0.05) is 17.7 Å². The van der Waals surface area contributed by atoms with Crippen molar-refractivity contribution >= 4 is 11.6 Å². The van der Waals surface area contributed by atoms with Gasteiger partial charge in [0.2, 0.25) is 0 Å². The first-order valence-corrected chi connectivity index (χ1v) is 6.56. The molecule has 1 aliphatic rings. The molecule has 9 heteroatoms. The molecule has 1 aliphatic heterocycles. The molecule has 0 unspecified atom stereocenters. The number of nitro groups is 1. The van der Waals surface area contributed by atoms with E-state index in [4.69, 9.17) is 4.74 Å². The molecule has 0 aliphatic carbocycles. The zero-order chi connectivity index (χ0) is 16.4. The van der Waals surface area contributed by atoms with Crippen LogP contribution in [0.5, 0.6) is 0 Å². The number of amides is 1. The van der Waals surface area contributed by atoms with Crippen LogP contribution in [-0.2, 0) is 4.74 Å². The Labute approximate surface area is 125 Å². The summed E-state index contributed by atoms with van der Waals surface area (Å²) in [5.74, 6) is -0.630. The molecule has 0 bridgehead atoms. The summed E-state index contributed by atoms with van der Waals surface area (Å²) < 4.78 is 5.24. The van der Waals surface area contributed by atoms with Crippen LogP contribution in [0.2, 0.25) is 0 Å². The summed E-state index contributed by atoms with van der Waals surface area (Å²) in [6.45, 7) is 1.49. The number of hydrogen-bond acceptors (Lipinski definition) is 7. The van der Waals surface area contributed by atoms with Crippen LogP contribution in [0, 0.1) is 10.1 Å². The lowest BCUT2D eigenvalue weighted by Crippen LogP contribution is -2.61. The van der Waals surface area contributed by atoms with Gasteiger partial charge in [-0.15, -0.1) is 0 Å². The third kappa shape index (κ3) is 3.22. The SMILES string of the molecule is C[C@@H]1O[C@H](NC(=O)c2ccc([N+](=O)[O-])cc2)[C@@H](O)[C@H](O)[C@@H]1O. The van der Waals surface area contributed by atoms with Gasteiger partial charge in [-0.05, 0) is 19.1 Å². The molecule has 0 radical (unpaired) electrons. The molecular weight excluding hydrogens is 296 g/mol. The number of aliphatic hydroxyl groups is 3. The maximum Gasteiger partial charge on any atom is 0.269 e. The summed E-state index contributed by atoms with van der Waals surface area (Å²) in [6, 6.07) is 4.87. The third-order valence-electron chi connectivity index (χ3n) is 3.47. The second-order valence-electron chi connectivity index (χ2n) is 5.01. The first kappa shape index (κ1) is 16.3. The first-order chi connectivity index (χ1) is 10.3. The number of non-ortho nitro benzene ring substituents is 1. The van der Waals surface area contributed by atoms with Crippen molar-refractivity contribution in [1.29, 1.82) is 0 Å². The summed E-state index contributed by atoms with van der Waals surface area (Å²) in [4.78, 5) is 22.0. The van der Waals surface area contributed by atoms with E-state index >= 15 is 0 Å². The summed E-state index contributed by atoms with van der Waals surface area (Å²) in [5, 5.41) is 41.9.